The lowest BCUT2D eigenvalue weighted by molar-refractivity contribution is -0.122. The summed E-state index contributed by atoms with van der Waals surface area (Å²) in [7, 11) is 3.60. The van der Waals surface area contributed by atoms with E-state index in [1.807, 2.05) is 7.05 Å². The molecule has 1 aliphatic heterocycles. The Hall–Kier alpha value is -0.610. The molecule has 4 heteroatoms. The van der Waals surface area contributed by atoms with Gasteiger partial charge in [0.1, 0.15) is 0 Å². The molecule has 2 atom stereocenters. The Morgan fingerprint density at radius 2 is 2.25 bits per heavy atom. The van der Waals surface area contributed by atoms with Crippen LogP contribution in [0.3, 0.4) is 0 Å². The van der Waals surface area contributed by atoms with Crippen LogP contribution in [0.25, 0.3) is 0 Å². The van der Waals surface area contributed by atoms with Crippen molar-refractivity contribution < 1.29 is 4.79 Å². The SMILES string of the molecule is CNCC1CCC(C(=O)NC)N1. The van der Waals surface area contributed by atoms with Gasteiger partial charge in [-0.1, -0.05) is 0 Å². The summed E-state index contributed by atoms with van der Waals surface area (Å²) < 4.78 is 0. The Morgan fingerprint density at radius 3 is 2.83 bits per heavy atom. The van der Waals surface area contributed by atoms with Gasteiger partial charge in [-0.15, -0.1) is 0 Å². The van der Waals surface area contributed by atoms with Crippen molar-refractivity contribution in [1.82, 2.24) is 16.0 Å². The minimum atomic E-state index is 0.0216. The van der Waals surface area contributed by atoms with Crippen LogP contribution in [0.1, 0.15) is 12.8 Å². The largest absolute Gasteiger partial charge is 0.358 e. The van der Waals surface area contributed by atoms with Crippen LogP contribution in [0.5, 0.6) is 0 Å². The van der Waals surface area contributed by atoms with Gasteiger partial charge in [-0.2, -0.15) is 0 Å². The fourth-order valence-corrected chi connectivity index (χ4v) is 1.61. The molecule has 0 aromatic carbocycles. The molecule has 0 aromatic rings. The molecule has 0 bridgehead atoms. The molecular weight excluding hydrogens is 154 g/mol. The van der Waals surface area contributed by atoms with Crippen molar-refractivity contribution >= 4 is 5.91 Å². The quantitative estimate of drug-likeness (QED) is 0.514. The van der Waals surface area contributed by atoms with Crippen molar-refractivity contribution in [2.24, 2.45) is 0 Å². The zero-order valence-electron chi connectivity index (χ0n) is 7.68. The van der Waals surface area contributed by atoms with Gasteiger partial charge in [0.15, 0.2) is 0 Å². The Morgan fingerprint density at radius 1 is 1.50 bits per heavy atom. The van der Waals surface area contributed by atoms with Crippen LogP contribution in [0.2, 0.25) is 0 Å². The third-order valence-electron chi connectivity index (χ3n) is 2.25. The average Bonchev–Trinajstić information content (AvgIpc) is 2.52. The maximum absolute atomic E-state index is 11.2. The fraction of sp³-hybridized carbons (Fsp3) is 0.875. The molecule has 1 rings (SSSR count). The second kappa shape index (κ2) is 4.42. The highest BCUT2D eigenvalue weighted by Crippen LogP contribution is 2.11. The second-order valence-electron chi connectivity index (χ2n) is 3.17. The molecule has 12 heavy (non-hydrogen) atoms. The van der Waals surface area contributed by atoms with Crippen molar-refractivity contribution in [2.45, 2.75) is 24.9 Å². The summed E-state index contributed by atoms with van der Waals surface area (Å²) in [6.07, 6.45) is 2.03. The Bertz CT molecular complexity index is 160. The summed E-state index contributed by atoms with van der Waals surface area (Å²) in [5.41, 5.74) is 0. The first-order valence-electron chi connectivity index (χ1n) is 4.40. The van der Waals surface area contributed by atoms with Gasteiger partial charge >= 0.3 is 0 Å². The summed E-state index contributed by atoms with van der Waals surface area (Å²) in [5.74, 6) is 0.105. The Balaban J connectivity index is 2.30. The van der Waals surface area contributed by atoms with Crippen LogP contribution in [0.15, 0.2) is 0 Å². The van der Waals surface area contributed by atoms with Crippen LogP contribution < -0.4 is 16.0 Å². The van der Waals surface area contributed by atoms with Gasteiger partial charge < -0.3 is 16.0 Å². The highest BCUT2D eigenvalue weighted by atomic mass is 16.2. The molecule has 0 aromatic heterocycles. The molecule has 0 radical (unpaired) electrons. The van der Waals surface area contributed by atoms with Crippen molar-refractivity contribution in [2.75, 3.05) is 20.6 Å². The summed E-state index contributed by atoms with van der Waals surface area (Å²) in [4.78, 5) is 11.2. The van der Waals surface area contributed by atoms with Gasteiger partial charge in [-0.05, 0) is 19.9 Å². The molecule has 0 saturated carbocycles. The number of carbonyl (C=O) groups excluding carboxylic acids is 1. The summed E-state index contributed by atoms with van der Waals surface area (Å²) in [6.45, 7) is 0.938. The van der Waals surface area contributed by atoms with E-state index >= 15 is 0 Å². The van der Waals surface area contributed by atoms with Crippen LogP contribution >= 0.6 is 0 Å². The molecule has 1 heterocycles. The van der Waals surface area contributed by atoms with Crippen LogP contribution in [-0.4, -0.2) is 38.6 Å². The molecule has 0 aliphatic carbocycles. The smallest absolute Gasteiger partial charge is 0.236 e. The molecule has 1 amide bonds. The minimum absolute atomic E-state index is 0.0216. The highest BCUT2D eigenvalue weighted by Gasteiger charge is 2.27. The Kier molecular flexibility index (Phi) is 3.49. The van der Waals surface area contributed by atoms with E-state index in [0.29, 0.717) is 6.04 Å². The second-order valence-corrected chi connectivity index (χ2v) is 3.17. The fourth-order valence-electron chi connectivity index (χ4n) is 1.61. The number of nitrogens with one attached hydrogen (secondary N) is 3. The maximum atomic E-state index is 11.2. The van der Waals surface area contributed by atoms with E-state index in [9.17, 15) is 4.79 Å². The topological polar surface area (TPSA) is 53.2 Å². The van der Waals surface area contributed by atoms with E-state index in [1.54, 1.807) is 7.05 Å². The summed E-state index contributed by atoms with van der Waals surface area (Å²) >= 11 is 0. The van der Waals surface area contributed by atoms with E-state index in [0.717, 1.165) is 19.4 Å². The number of hydrogen-bond donors (Lipinski definition) is 3. The van der Waals surface area contributed by atoms with Crippen molar-refractivity contribution in [3.05, 3.63) is 0 Å². The van der Waals surface area contributed by atoms with E-state index in [1.165, 1.54) is 0 Å². The van der Waals surface area contributed by atoms with Crippen molar-refractivity contribution in [3.63, 3.8) is 0 Å². The predicted octanol–water partition coefficient (Wildman–Crippen LogP) is -0.928. The number of likely N-dealkylation sites (N-methyl/N-ethyl adjacent to an activating group) is 2. The molecule has 2 unspecified atom stereocenters. The molecule has 1 fully saturated rings. The van der Waals surface area contributed by atoms with Gasteiger partial charge in [0, 0.05) is 19.6 Å². The van der Waals surface area contributed by atoms with Gasteiger partial charge in [0.05, 0.1) is 6.04 Å². The first-order chi connectivity index (χ1) is 5.77. The average molecular weight is 171 g/mol. The number of rotatable bonds is 3. The summed E-state index contributed by atoms with van der Waals surface area (Å²) in [6, 6.07) is 0.477. The summed E-state index contributed by atoms with van der Waals surface area (Å²) in [5, 5.41) is 9.01. The third kappa shape index (κ3) is 2.19. The van der Waals surface area contributed by atoms with E-state index in [-0.39, 0.29) is 11.9 Å². The molecule has 1 aliphatic rings. The van der Waals surface area contributed by atoms with E-state index in [4.69, 9.17) is 0 Å². The number of amides is 1. The first kappa shape index (κ1) is 9.48. The molecule has 4 nitrogen and oxygen atoms in total. The van der Waals surface area contributed by atoms with Crippen LogP contribution in [0, 0.1) is 0 Å². The van der Waals surface area contributed by atoms with Crippen LogP contribution in [0.4, 0.5) is 0 Å². The molecule has 1 saturated heterocycles. The lowest BCUT2D eigenvalue weighted by atomic mass is 10.2. The van der Waals surface area contributed by atoms with E-state index < -0.39 is 0 Å². The van der Waals surface area contributed by atoms with Gasteiger partial charge in [-0.25, -0.2) is 0 Å². The number of carbonyl (C=O) groups is 1. The van der Waals surface area contributed by atoms with Crippen molar-refractivity contribution in [3.8, 4) is 0 Å². The maximum Gasteiger partial charge on any atom is 0.236 e. The normalized spacial score (nSPS) is 28.8. The molecule has 3 N–H and O–H groups in total. The minimum Gasteiger partial charge on any atom is -0.358 e. The Labute approximate surface area is 73.1 Å². The zero-order chi connectivity index (χ0) is 8.97. The third-order valence-corrected chi connectivity index (χ3v) is 2.25. The molecule has 0 spiro atoms. The zero-order valence-corrected chi connectivity index (χ0v) is 7.68. The molecule has 70 valence electrons. The van der Waals surface area contributed by atoms with Gasteiger partial charge in [-0.3, -0.25) is 4.79 Å². The predicted molar refractivity (Wildman–Crippen MR) is 47.9 cm³/mol. The van der Waals surface area contributed by atoms with Gasteiger partial charge in [0.2, 0.25) is 5.91 Å². The van der Waals surface area contributed by atoms with Gasteiger partial charge in [0.25, 0.3) is 0 Å². The van der Waals surface area contributed by atoms with E-state index in [2.05, 4.69) is 16.0 Å². The highest BCUT2D eigenvalue weighted by molar-refractivity contribution is 5.81. The lowest BCUT2D eigenvalue weighted by Crippen LogP contribution is -2.43. The first-order valence-corrected chi connectivity index (χ1v) is 4.40. The molecular formula is C8H17N3O. The monoisotopic (exact) mass is 171 g/mol. The van der Waals surface area contributed by atoms with Crippen LogP contribution in [-0.2, 0) is 4.79 Å². The number of hydrogen-bond acceptors (Lipinski definition) is 3. The standard InChI is InChI=1S/C8H17N3O/c1-9-5-6-3-4-7(11-6)8(12)10-2/h6-7,9,11H,3-5H2,1-2H3,(H,10,12). The lowest BCUT2D eigenvalue weighted by Gasteiger charge is -2.12. The van der Waals surface area contributed by atoms with Crippen molar-refractivity contribution in [1.29, 1.82) is 0 Å².